The van der Waals surface area contributed by atoms with Crippen molar-refractivity contribution in [3.8, 4) is 16.9 Å². The van der Waals surface area contributed by atoms with Crippen LogP contribution in [0.2, 0.25) is 0 Å². The number of nitrogens with one attached hydrogen (secondary N) is 3. The van der Waals surface area contributed by atoms with Gasteiger partial charge in [-0.15, -0.1) is 0 Å². The molecule has 2 aromatic heterocycles. The maximum absolute atomic E-state index is 14.8. The number of benzene rings is 2. The molecule has 0 spiro atoms. The van der Waals surface area contributed by atoms with Crippen molar-refractivity contribution in [2.24, 2.45) is 7.05 Å². The quantitative estimate of drug-likeness (QED) is 0.339. The number of nitrogens with zero attached hydrogens (tertiary/aromatic N) is 4. The fourth-order valence-electron chi connectivity index (χ4n) is 3.72. The van der Waals surface area contributed by atoms with Gasteiger partial charge in [0.2, 0.25) is 11.9 Å². The summed E-state index contributed by atoms with van der Waals surface area (Å²) in [6, 6.07) is 10.1. The molecule has 0 atom stereocenters. The van der Waals surface area contributed by atoms with Crippen molar-refractivity contribution in [1.82, 2.24) is 19.7 Å². The lowest BCUT2D eigenvalue weighted by molar-refractivity contribution is -0.111. The van der Waals surface area contributed by atoms with Gasteiger partial charge in [-0.25, -0.2) is 9.37 Å². The summed E-state index contributed by atoms with van der Waals surface area (Å²) in [5.41, 5.74) is 3.86. The normalized spacial score (nSPS) is 11.9. The summed E-state index contributed by atoms with van der Waals surface area (Å²) >= 11 is 0. The Morgan fingerprint density at radius 1 is 1.17 bits per heavy atom. The third-order valence-corrected chi connectivity index (χ3v) is 5.43. The van der Waals surface area contributed by atoms with Crippen molar-refractivity contribution in [2.45, 2.75) is 6.42 Å². The van der Waals surface area contributed by atoms with Crippen molar-refractivity contribution < 1.29 is 13.9 Å². The first-order chi connectivity index (χ1) is 17.0. The van der Waals surface area contributed by atoms with E-state index in [0.29, 0.717) is 35.3 Å². The zero-order chi connectivity index (χ0) is 24.4. The average molecular weight is 471 g/mol. The van der Waals surface area contributed by atoms with Gasteiger partial charge in [0.05, 0.1) is 24.2 Å². The van der Waals surface area contributed by atoms with Crippen LogP contribution in [0.4, 0.5) is 33.2 Å². The van der Waals surface area contributed by atoms with E-state index in [2.05, 4.69) is 37.6 Å². The molecule has 9 nitrogen and oxygen atoms in total. The third kappa shape index (κ3) is 4.81. The van der Waals surface area contributed by atoms with Gasteiger partial charge in [0.1, 0.15) is 17.4 Å². The van der Waals surface area contributed by atoms with E-state index in [0.717, 1.165) is 29.4 Å². The van der Waals surface area contributed by atoms with Gasteiger partial charge in [-0.05, 0) is 41.5 Å². The molecule has 0 unspecified atom stereocenters. The molecule has 1 aliphatic rings. The van der Waals surface area contributed by atoms with Crippen LogP contribution in [0.3, 0.4) is 0 Å². The van der Waals surface area contributed by atoms with Crippen LogP contribution in [-0.4, -0.2) is 32.3 Å². The third-order valence-electron chi connectivity index (χ3n) is 5.43. The standard InChI is InChI=1S/C25H22FN7O2/c1-3-23(34)29-17-6-7-20(26)21(11-17)31-24-19(16-5-4-15-8-9-35-22(15)10-16)13-27-25(32-24)30-18-12-28-33(2)14-18/h3-7,10-14H,1,8-9H2,2H3,(H,29,34)(H2,27,30,31,32). The number of hydrogen-bond donors (Lipinski definition) is 3. The molecule has 0 bridgehead atoms. The summed E-state index contributed by atoms with van der Waals surface area (Å²) in [6.45, 7) is 4.08. The predicted molar refractivity (Wildman–Crippen MR) is 132 cm³/mol. The Morgan fingerprint density at radius 2 is 2.06 bits per heavy atom. The van der Waals surface area contributed by atoms with Gasteiger partial charge in [-0.2, -0.15) is 10.1 Å². The van der Waals surface area contributed by atoms with Gasteiger partial charge >= 0.3 is 0 Å². The Balaban J connectivity index is 1.54. The number of ether oxygens (including phenoxy) is 1. The first-order valence-corrected chi connectivity index (χ1v) is 10.9. The van der Waals surface area contributed by atoms with Crippen LogP contribution in [0.1, 0.15) is 5.56 Å². The zero-order valence-electron chi connectivity index (χ0n) is 18.9. The molecular formula is C25H22FN7O2. The van der Waals surface area contributed by atoms with Gasteiger partial charge in [-0.3, -0.25) is 9.48 Å². The Morgan fingerprint density at radius 3 is 2.86 bits per heavy atom. The number of carbonyl (C=O) groups excluding carboxylic acids is 1. The predicted octanol–water partition coefficient (Wildman–Crippen LogP) is 4.56. The van der Waals surface area contributed by atoms with Crippen LogP contribution in [0.15, 0.2) is 67.6 Å². The molecule has 176 valence electrons. The second-order valence-electron chi connectivity index (χ2n) is 7.92. The van der Waals surface area contributed by atoms with E-state index in [4.69, 9.17) is 4.74 Å². The summed E-state index contributed by atoms with van der Waals surface area (Å²) in [4.78, 5) is 20.7. The highest BCUT2D eigenvalue weighted by atomic mass is 19.1. The monoisotopic (exact) mass is 471 g/mol. The number of aromatic nitrogens is 4. The van der Waals surface area contributed by atoms with Gasteiger partial charge in [0, 0.05) is 37.1 Å². The lowest BCUT2D eigenvalue weighted by atomic mass is 10.0. The molecule has 0 aliphatic carbocycles. The largest absolute Gasteiger partial charge is 0.493 e. The van der Waals surface area contributed by atoms with Crippen LogP contribution in [0.25, 0.3) is 11.1 Å². The minimum Gasteiger partial charge on any atom is -0.493 e. The minimum absolute atomic E-state index is 0.136. The maximum atomic E-state index is 14.8. The highest BCUT2D eigenvalue weighted by Gasteiger charge is 2.17. The van der Waals surface area contributed by atoms with Crippen LogP contribution in [-0.2, 0) is 18.3 Å². The molecular weight excluding hydrogens is 449 g/mol. The van der Waals surface area contributed by atoms with Crippen LogP contribution in [0.5, 0.6) is 5.75 Å². The first-order valence-electron chi connectivity index (χ1n) is 10.9. The topological polar surface area (TPSA) is 106 Å². The smallest absolute Gasteiger partial charge is 0.247 e. The van der Waals surface area contributed by atoms with Crippen molar-refractivity contribution in [1.29, 1.82) is 0 Å². The Hall–Kier alpha value is -4.73. The Kier molecular flexibility index (Phi) is 5.84. The van der Waals surface area contributed by atoms with Crippen molar-refractivity contribution >= 4 is 34.7 Å². The van der Waals surface area contributed by atoms with E-state index in [1.54, 1.807) is 30.3 Å². The molecule has 0 radical (unpaired) electrons. The first kappa shape index (κ1) is 22.1. The van der Waals surface area contributed by atoms with Gasteiger partial charge in [-0.1, -0.05) is 18.7 Å². The summed E-state index contributed by atoms with van der Waals surface area (Å²) in [7, 11) is 1.80. The average Bonchev–Trinajstić information content (AvgIpc) is 3.49. The summed E-state index contributed by atoms with van der Waals surface area (Å²) in [5.74, 6) is 0.580. The molecule has 1 aliphatic heterocycles. The number of hydrogen-bond acceptors (Lipinski definition) is 7. The molecule has 3 heterocycles. The van der Waals surface area contributed by atoms with Crippen molar-refractivity contribution in [3.63, 3.8) is 0 Å². The zero-order valence-corrected chi connectivity index (χ0v) is 18.9. The molecule has 0 fully saturated rings. The van der Waals surface area contributed by atoms with Gasteiger partial charge in [0.15, 0.2) is 0 Å². The minimum atomic E-state index is -0.509. The van der Waals surface area contributed by atoms with Crippen molar-refractivity contribution in [3.05, 3.63) is 79.0 Å². The SMILES string of the molecule is C=CC(=O)Nc1ccc(F)c(Nc2nc(Nc3cnn(C)c3)ncc2-c2ccc3c(c2)OCC3)c1. The van der Waals surface area contributed by atoms with Crippen LogP contribution < -0.4 is 20.7 Å². The van der Waals surface area contributed by atoms with E-state index in [9.17, 15) is 9.18 Å². The summed E-state index contributed by atoms with van der Waals surface area (Å²) < 4.78 is 22.1. The number of halogens is 1. The second kappa shape index (κ2) is 9.26. The molecule has 0 saturated carbocycles. The fraction of sp³-hybridized carbons (Fsp3) is 0.120. The van der Waals surface area contributed by atoms with E-state index < -0.39 is 11.7 Å². The lowest BCUT2D eigenvalue weighted by Crippen LogP contribution is -2.08. The lowest BCUT2D eigenvalue weighted by Gasteiger charge is -2.15. The number of anilines is 5. The van der Waals surface area contributed by atoms with Crippen molar-refractivity contribution in [2.75, 3.05) is 22.6 Å². The van der Waals surface area contributed by atoms with Crippen LogP contribution in [0, 0.1) is 5.82 Å². The Labute approximate surface area is 200 Å². The second-order valence-corrected chi connectivity index (χ2v) is 7.92. The van der Waals surface area contributed by atoms with Gasteiger partial charge < -0.3 is 20.7 Å². The number of carbonyl (C=O) groups is 1. The fourth-order valence-corrected chi connectivity index (χ4v) is 3.72. The van der Waals surface area contributed by atoms with E-state index in [1.165, 1.54) is 18.2 Å². The number of amides is 1. The molecule has 35 heavy (non-hydrogen) atoms. The molecule has 2 aromatic carbocycles. The summed E-state index contributed by atoms with van der Waals surface area (Å²) in [6.07, 6.45) is 7.10. The highest BCUT2D eigenvalue weighted by molar-refractivity contribution is 5.99. The molecule has 5 rings (SSSR count). The van der Waals surface area contributed by atoms with E-state index >= 15 is 0 Å². The maximum Gasteiger partial charge on any atom is 0.247 e. The number of aryl methyl sites for hydroxylation is 1. The van der Waals surface area contributed by atoms with E-state index in [-0.39, 0.29) is 5.69 Å². The number of rotatable bonds is 7. The molecule has 1 amide bonds. The van der Waals surface area contributed by atoms with Gasteiger partial charge in [0.25, 0.3) is 0 Å². The highest BCUT2D eigenvalue weighted by Crippen LogP contribution is 2.35. The Bertz CT molecular complexity index is 1430. The number of fused-ring (bicyclic) bond motifs is 1. The molecule has 0 saturated heterocycles. The van der Waals surface area contributed by atoms with E-state index in [1.807, 2.05) is 18.2 Å². The molecule has 3 N–H and O–H groups in total. The molecule has 4 aromatic rings. The molecule has 10 heteroatoms. The van der Waals surface area contributed by atoms with Crippen LogP contribution >= 0.6 is 0 Å². The summed E-state index contributed by atoms with van der Waals surface area (Å²) in [5, 5.41) is 12.9.